The van der Waals surface area contributed by atoms with Gasteiger partial charge in [-0.25, -0.2) is 9.42 Å². The summed E-state index contributed by atoms with van der Waals surface area (Å²) in [6.45, 7) is 3.73. The van der Waals surface area contributed by atoms with Crippen molar-refractivity contribution in [3.63, 3.8) is 0 Å². The van der Waals surface area contributed by atoms with Crippen molar-refractivity contribution in [2.24, 2.45) is 0 Å². The SMILES string of the molecule is C=CCN1CC(COS(=O)(=O)c2ccc(Cl)c3nonc23)OC1=O. The Hall–Kier alpha value is -2.17. The zero-order valence-electron chi connectivity index (χ0n) is 12.2. The molecule has 2 heterocycles. The van der Waals surface area contributed by atoms with Gasteiger partial charge in [-0.3, -0.25) is 4.18 Å². The number of aromatic nitrogens is 2. The molecule has 128 valence electrons. The van der Waals surface area contributed by atoms with E-state index in [9.17, 15) is 13.2 Å². The largest absolute Gasteiger partial charge is 0.442 e. The van der Waals surface area contributed by atoms with Gasteiger partial charge in [-0.15, -0.1) is 6.58 Å². The highest BCUT2D eigenvalue weighted by molar-refractivity contribution is 7.87. The first-order chi connectivity index (χ1) is 11.4. The molecule has 9 nitrogen and oxygen atoms in total. The van der Waals surface area contributed by atoms with Crippen LogP contribution >= 0.6 is 11.6 Å². The van der Waals surface area contributed by atoms with Gasteiger partial charge in [-0.2, -0.15) is 8.42 Å². The van der Waals surface area contributed by atoms with Gasteiger partial charge in [0.2, 0.25) is 0 Å². The molecule has 1 amide bonds. The van der Waals surface area contributed by atoms with Crippen molar-refractivity contribution >= 4 is 38.8 Å². The Morgan fingerprint density at radius 2 is 2.17 bits per heavy atom. The zero-order valence-corrected chi connectivity index (χ0v) is 13.8. The fraction of sp³-hybridized carbons (Fsp3) is 0.308. The number of carbonyl (C=O) groups is 1. The fourth-order valence-electron chi connectivity index (χ4n) is 2.21. The van der Waals surface area contributed by atoms with Crippen molar-refractivity contribution in [1.82, 2.24) is 15.2 Å². The summed E-state index contributed by atoms with van der Waals surface area (Å²) in [5.41, 5.74) is 0.0880. The summed E-state index contributed by atoms with van der Waals surface area (Å²) in [7, 11) is -4.16. The number of benzene rings is 1. The minimum atomic E-state index is -4.16. The summed E-state index contributed by atoms with van der Waals surface area (Å²) in [4.78, 5) is 12.7. The van der Waals surface area contributed by atoms with E-state index in [-0.39, 0.29) is 34.1 Å². The second-order valence-corrected chi connectivity index (χ2v) is 6.94. The minimum Gasteiger partial charge on any atom is -0.442 e. The summed E-state index contributed by atoms with van der Waals surface area (Å²) in [5, 5.41) is 7.29. The van der Waals surface area contributed by atoms with Crippen LogP contribution in [0, 0.1) is 0 Å². The van der Waals surface area contributed by atoms with E-state index in [0.29, 0.717) is 6.54 Å². The van der Waals surface area contributed by atoms with Crippen molar-refractivity contribution < 1.29 is 26.8 Å². The molecule has 1 aromatic heterocycles. The van der Waals surface area contributed by atoms with Crippen molar-refractivity contribution in [2.75, 3.05) is 19.7 Å². The molecule has 3 rings (SSSR count). The smallest absolute Gasteiger partial charge is 0.410 e. The molecule has 11 heteroatoms. The monoisotopic (exact) mass is 373 g/mol. The highest BCUT2D eigenvalue weighted by Crippen LogP contribution is 2.28. The maximum Gasteiger partial charge on any atom is 0.410 e. The number of hydrogen-bond acceptors (Lipinski definition) is 8. The minimum absolute atomic E-state index is 0.0285. The van der Waals surface area contributed by atoms with Gasteiger partial charge in [0.15, 0.2) is 11.0 Å². The zero-order chi connectivity index (χ0) is 17.3. The Labute approximate surface area is 141 Å². The van der Waals surface area contributed by atoms with Gasteiger partial charge >= 0.3 is 6.09 Å². The lowest BCUT2D eigenvalue weighted by Gasteiger charge is -2.10. The van der Waals surface area contributed by atoms with Crippen LogP contribution in [0.15, 0.2) is 34.3 Å². The molecule has 1 saturated heterocycles. The molecule has 1 atom stereocenters. The molecule has 1 aromatic carbocycles. The molecule has 1 fully saturated rings. The average Bonchev–Trinajstić information content (AvgIpc) is 3.14. The van der Waals surface area contributed by atoms with Gasteiger partial charge in [0, 0.05) is 6.54 Å². The lowest BCUT2D eigenvalue weighted by Crippen LogP contribution is -2.27. The second-order valence-electron chi connectivity index (χ2n) is 4.95. The van der Waals surface area contributed by atoms with Crippen LogP contribution in [0.25, 0.3) is 11.0 Å². The molecule has 0 radical (unpaired) electrons. The Morgan fingerprint density at radius 1 is 1.42 bits per heavy atom. The lowest BCUT2D eigenvalue weighted by atomic mass is 10.3. The topological polar surface area (TPSA) is 112 Å². The molecule has 0 bridgehead atoms. The first-order valence-electron chi connectivity index (χ1n) is 6.79. The second kappa shape index (κ2) is 6.38. The van der Waals surface area contributed by atoms with Crippen LogP contribution in [-0.4, -0.2) is 55.5 Å². The van der Waals surface area contributed by atoms with Crippen molar-refractivity contribution in [1.29, 1.82) is 0 Å². The van der Waals surface area contributed by atoms with E-state index in [2.05, 4.69) is 21.5 Å². The van der Waals surface area contributed by atoms with Gasteiger partial charge in [0.1, 0.15) is 17.6 Å². The van der Waals surface area contributed by atoms with Crippen LogP contribution in [-0.2, 0) is 19.0 Å². The third-order valence-electron chi connectivity index (χ3n) is 3.31. The molecule has 0 spiro atoms. The molecular weight excluding hydrogens is 362 g/mol. The number of ether oxygens (including phenoxy) is 1. The summed E-state index contributed by atoms with van der Waals surface area (Å²) in [5.74, 6) is 0. The van der Waals surface area contributed by atoms with Crippen molar-refractivity contribution in [3.8, 4) is 0 Å². The fourth-order valence-corrected chi connectivity index (χ4v) is 3.46. The number of nitrogens with zero attached hydrogens (tertiary/aromatic N) is 3. The van der Waals surface area contributed by atoms with Gasteiger partial charge in [0.05, 0.1) is 11.6 Å². The van der Waals surface area contributed by atoms with E-state index in [4.69, 9.17) is 20.5 Å². The Morgan fingerprint density at radius 3 is 2.92 bits per heavy atom. The number of carbonyl (C=O) groups excluding carboxylic acids is 1. The molecule has 1 aliphatic rings. The van der Waals surface area contributed by atoms with Crippen LogP contribution in [0.2, 0.25) is 5.02 Å². The molecule has 1 aliphatic heterocycles. The van der Waals surface area contributed by atoms with Crippen LogP contribution in [0.5, 0.6) is 0 Å². The Kier molecular flexibility index (Phi) is 4.43. The Bertz CT molecular complexity index is 896. The first kappa shape index (κ1) is 16.7. The molecule has 24 heavy (non-hydrogen) atoms. The van der Waals surface area contributed by atoms with Crippen LogP contribution in [0.1, 0.15) is 0 Å². The summed E-state index contributed by atoms with van der Waals surface area (Å²) in [6, 6.07) is 2.60. The molecule has 2 aromatic rings. The maximum absolute atomic E-state index is 12.4. The Balaban J connectivity index is 1.75. The highest BCUT2D eigenvalue weighted by Gasteiger charge is 2.32. The molecule has 0 saturated carbocycles. The highest BCUT2D eigenvalue weighted by atomic mass is 35.5. The van der Waals surface area contributed by atoms with Crippen LogP contribution in [0.4, 0.5) is 4.79 Å². The van der Waals surface area contributed by atoms with E-state index >= 15 is 0 Å². The number of fused-ring (bicyclic) bond motifs is 1. The molecule has 0 aliphatic carbocycles. The number of hydrogen-bond donors (Lipinski definition) is 0. The predicted octanol–water partition coefficient (Wildman–Crippen LogP) is 1.59. The van der Waals surface area contributed by atoms with Gasteiger partial charge < -0.3 is 9.64 Å². The van der Waals surface area contributed by atoms with E-state index in [0.717, 1.165) is 0 Å². The summed E-state index contributed by atoms with van der Waals surface area (Å²) in [6.07, 6.45) is 0.296. The van der Waals surface area contributed by atoms with E-state index < -0.39 is 22.3 Å². The van der Waals surface area contributed by atoms with E-state index in [1.807, 2.05) is 0 Å². The third kappa shape index (κ3) is 3.07. The van der Waals surface area contributed by atoms with Crippen LogP contribution in [0.3, 0.4) is 0 Å². The molecule has 1 unspecified atom stereocenters. The van der Waals surface area contributed by atoms with Crippen molar-refractivity contribution in [2.45, 2.75) is 11.0 Å². The van der Waals surface area contributed by atoms with Crippen LogP contribution < -0.4 is 0 Å². The van der Waals surface area contributed by atoms with E-state index in [1.165, 1.54) is 17.0 Å². The summed E-state index contributed by atoms with van der Waals surface area (Å²) >= 11 is 5.89. The number of halogens is 1. The normalized spacial score (nSPS) is 18.1. The predicted molar refractivity (Wildman–Crippen MR) is 82.0 cm³/mol. The van der Waals surface area contributed by atoms with E-state index in [1.54, 1.807) is 6.08 Å². The first-order valence-corrected chi connectivity index (χ1v) is 8.57. The molecule has 0 N–H and O–H groups in total. The molecular formula is C13H12ClN3O6S. The van der Waals surface area contributed by atoms with Gasteiger partial charge in [0.25, 0.3) is 10.1 Å². The number of amides is 1. The van der Waals surface area contributed by atoms with Crippen molar-refractivity contribution in [3.05, 3.63) is 29.8 Å². The standard InChI is InChI=1S/C13H12ClN3O6S/c1-2-5-17-6-8(22-13(17)18)7-21-24(19,20)10-4-3-9(14)11-12(10)16-23-15-11/h2-4,8H,1,5-7H2. The number of cyclic esters (lactones) is 1. The lowest BCUT2D eigenvalue weighted by molar-refractivity contribution is 0.105. The average molecular weight is 374 g/mol. The number of rotatable bonds is 6. The third-order valence-corrected chi connectivity index (χ3v) is 4.93. The van der Waals surface area contributed by atoms with Gasteiger partial charge in [-0.1, -0.05) is 17.7 Å². The van der Waals surface area contributed by atoms with Gasteiger partial charge in [-0.05, 0) is 22.4 Å². The summed E-state index contributed by atoms with van der Waals surface area (Å²) < 4.78 is 39.2. The quantitative estimate of drug-likeness (QED) is 0.554. The maximum atomic E-state index is 12.4.